The van der Waals surface area contributed by atoms with E-state index in [0.29, 0.717) is 5.75 Å². The molecule has 0 spiro atoms. The second-order valence-electron chi connectivity index (χ2n) is 3.80. The third-order valence-corrected chi connectivity index (χ3v) is 4.35. The van der Waals surface area contributed by atoms with E-state index < -0.39 is 9.84 Å². The molecule has 100 valence electrons. The van der Waals surface area contributed by atoms with E-state index in [-0.39, 0.29) is 21.4 Å². The van der Waals surface area contributed by atoms with Gasteiger partial charge in [-0.05, 0) is 30.3 Å². The molecule has 19 heavy (non-hydrogen) atoms. The monoisotopic (exact) mass is 279 g/mol. The van der Waals surface area contributed by atoms with Gasteiger partial charge in [0.15, 0.2) is 0 Å². The molecular weight excluding hydrogens is 266 g/mol. The van der Waals surface area contributed by atoms with Crippen molar-refractivity contribution in [3.63, 3.8) is 0 Å². The Bertz CT molecular complexity index is 714. The van der Waals surface area contributed by atoms with Crippen LogP contribution in [0.3, 0.4) is 0 Å². The zero-order valence-corrected chi connectivity index (χ0v) is 11.0. The predicted octanol–water partition coefficient (Wildman–Crippen LogP) is 1.09. The molecule has 0 aliphatic rings. The largest absolute Gasteiger partial charge is 0.497 e. The first-order chi connectivity index (χ1) is 8.95. The summed E-state index contributed by atoms with van der Waals surface area (Å²) >= 11 is 0. The molecule has 7 heteroatoms. The van der Waals surface area contributed by atoms with Crippen LogP contribution >= 0.6 is 0 Å². The number of anilines is 2. The standard InChI is InChI=1S/C12H13N3O3S/c1-18-8-3-2-4-9(7-8)19(16,17)10-5-6-11(13)15-12(10)14/h2-7H,1H3,(H4,13,14,15). The van der Waals surface area contributed by atoms with Crippen LogP contribution in [0.5, 0.6) is 5.75 Å². The highest BCUT2D eigenvalue weighted by molar-refractivity contribution is 7.91. The summed E-state index contributed by atoms with van der Waals surface area (Å²) in [6, 6.07) is 8.87. The van der Waals surface area contributed by atoms with Gasteiger partial charge < -0.3 is 16.2 Å². The zero-order valence-electron chi connectivity index (χ0n) is 10.2. The molecule has 0 bridgehead atoms. The minimum absolute atomic E-state index is 0.0741. The lowest BCUT2D eigenvalue weighted by Gasteiger charge is -2.08. The van der Waals surface area contributed by atoms with Crippen LogP contribution in [0, 0.1) is 0 Å². The molecule has 0 atom stereocenters. The molecule has 4 N–H and O–H groups in total. The molecule has 0 unspecified atom stereocenters. The van der Waals surface area contributed by atoms with Gasteiger partial charge in [0.2, 0.25) is 9.84 Å². The molecule has 2 rings (SSSR count). The highest BCUT2D eigenvalue weighted by atomic mass is 32.2. The van der Waals surface area contributed by atoms with Crippen molar-refractivity contribution in [3.05, 3.63) is 36.4 Å². The molecule has 2 aromatic rings. The van der Waals surface area contributed by atoms with Gasteiger partial charge >= 0.3 is 0 Å². The molecule has 6 nitrogen and oxygen atoms in total. The number of hydrogen-bond donors (Lipinski definition) is 2. The van der Waals surface area contributed by atoms with Gasteiger partial charge in [0.05, 0.1) is 12.0 Å². The summed E-state index contributed by atoms with van der Waals surface area (Å²) in [7, 11) is -2.28. The zero-order chi connectivity index (χ0) is 14.0. The lowest BCUT2D eigenvalue weighted by Crippen LogP contribution is -2.08. The van der Waals surface area contributed by atoms with E-state index >= 15 is 0 Å². The first-order valence-corrected chi connectivity index (χ1v) is 6.84. The Morgan fingerprint density at radius 2 is 1.89 bits per heavy atom. The lowest BCUT2D eigenvalue weighted by molar-refractivity contribution is 0.413. The number of aromatic nitrogens is 1. The molecule has 1 heterocycles. The normalized spacial score (nSPS) is 11.2. The molecule has 0 saturated heterocycles. The molecule has 0 radical (unpaired) electrons. The lowest BCUT2D eigenvalue weighted by atomic mass is 10.3. The Labute approximate surface area is 110 Å². The number of hydrogen-bond acceptors (Lipinski definition) is 6. The number of benzene rings is 1. The summed E-state index contributed by atoms with van der Waals surface area (Å²) in [5.74, 6) is 0.493. The summed E-state index contributed by atoms with van der Waals surface area (Å²) in [4.78, 5) is 3.77. The Kier molecular flexibility index (Phi) is 3.30. The first-order valence-electron chi connectivity index (χ1n) is 5.36. The van der Waals surface area contributed by atoms with Crippen molar-refractivity contribution in [2.75, 3.05) is 18.6 Å². The molecular formula is C12H13N3O3S. The number of methoxy groups -OCH3 is 1. The first kappa shape index (κ1) is 13.2. The number of pyridine rings is 1. The van der Waals surface area contributed by atoms with Gasteiger partial charge in [0.25, 0.3) is 0 Å². The fourth-order valence-electron chi connectivity index (χ4n) is 1.60. The Balaban J connectivity index is 2.58. The number of nitrogen functional groups attached to an aromatic ring is 2. The van der Waals surface area contributed by atoms with E-state index in [1.54, 1.807) is 12.1 Å². The third kappa shape index (κ3) is 2.45. The maximum atomic E-state index is 12.4. The molecule has 1 aromatic heterocycles. The SMILES string of the molecule is COc1cccc(S(=O)(=O)c2ccc(N)nc2N)c1. The highest BCUT2D eigenvalue weighted by Crippen LogP contribution is 2.27. The van der Waals surface area contributed by atoms with Crippen molar-refractivity contribution >= 4 is 21.5 Å². The number of nitrogens with zero attached hydrogens (tertiary/aromatic N) is 1. The summed E-state index contributed by atoms with van der Waals surface area (Å²) in [5, 5.41) is 0. The number of sulfone groups is 1. The topological polar surface area (TPSA) is 108 Å². The van der Waals surface area contributed by atoms with Gasteiger partial charge in [-0.3, -0.25) is 0 Å². The van der Waals surface area contributed by atoms with Crippen molar-refractivity contribution in [2.24, 2.45) is 0 Å². The minimum Gasteiger partial charge on any atom is -0.497 e. The maximum Gasteiger partial charge on any atom is 0.210 e. The Hall–Kier alpha value is -2.28. The molecule has 0 aliphatic heterocycles. The summed E-state index contributed by atoms with van der Waals surface area (Å²) in [5.41, 5.74) is 11.1. The van der Waals surface area contributed by atoms with Crippen LogP contribution in [0.1, 0.15) is 0 Å². The number of nitrogens with two attached hydrogens (primary N) is 2. The average Bonchev–Trinajstić information content (AvgIpc) is 2.38. The summed E-state index contributed by atoms with van der Waals surface area (Å²) in [6.45, 7) is 0. The molecule has 0 aliphatic carbocycles. The van der Waals surface area contributed by atoms with E-state index in [4.69, 9.17) is 16.2 Å². The van der Waals surface area contributed by atoms with Crippen molar-refractivity contribution < 1.29 is 13.2 Å². The van der Waals surface area contributed by atoms with E-state index in [1.807, 2.05) is 0 Å². The fourth-order valence-corrected chi connectivity index (χ4v) is 2.95. The molecule has 0 saturated carbocycles. The van der Waals surface area contributed by atoms with Crippen LogP contribution in [-0.4, -0.2) is 20.5 Å². The van der Waals surface area contributed by atoms with Crippen LogP contribution in [0.4, 0.5) is 11.6 Å². The van der Waals surface area contributed by atoms with Crippen molar-refractivity contribution in [1.82, 2.24) is 4.98 Å². The second-order valence-corrected chi connectivity index (χ2v) is 5.72. The van der Waals surface area contributed by atoms with Gasteiger partial charge in [0, 0.05) is 0 Å². The Morgan fingerprint density at radius 1 is 1.16 bits per heavy atom. The van der Waals surface area contributed by atoms with Crippen LogP contribution in [0.15, 0.2) is 46.2 Å². The number of rotatable bonds is 3. The van der Waals surface area contributed by atoms with Gasteiger partial charge in [-0.15, -0.1) is 0 Å². The van der Waals surface area contributed by atoms with Gasteiger partial charge in [-0.25, -0.2) is 13.4 Å². The average molecular weight is 279 g/mol. The number of ether oxygens (including phenoxy) is 1. The van der Waals surface area contributed by atoms with Crippen LogP contribution < -0.4 is 16.2 Å². The minimum atomic E-state index is -3.74. The van der Waals surface area contributed by atoms with E-state index in [9.17, 15) is 8.42 Å². The van der Waals surface area contributed by atoms with Gasteiger partial charge in [-0.2, -0.15) is 0 Å². The van der Waals surface area contributed by atoms with Gasteiger partial charge in [0.1, 0.15) is 22.3 Å². The second kappa shape index (κ2) is 4.77. The molecule has 0 fully saturated rings. The van der Waals surface area contributed by atoms with Crippen molar-refractivity contribution in [1.29, 1.82) is 0 Å². The van der Waals surface area contributed by atoms with Gasteiger partial charge in [-0.1, -0.05) is 6.07 Å². The third-order valence-electron chi connectivity index (χ3n) is 2.55. The van der Waals surface area contributed by atoms with Crippen LogP contribution in [-0.2, 0) is 9.84 Å². The molecule has 1 aromatic carbocycles. The van der Waals surface area contributed by atoms with Crippen LogP contribution in [0.25, 0.3) is 0 Å². The van der Waals surface area contributed by atoms with E-state index in [2.05, 4.69) is 4.98 Å². The Morgan fingerprint density at radius 3 is 2.53 bits per heavy atom. The quantitative estimate of drug-likeness (QED) is 0.870. The molecule has 0 amide bonds. The smallest absolute Gasteiger partial charge is 0.210 e. The predicted molar refractivity (Wildman–Crippen MR) is 71.5 cm³/mol. The maximum absolute atomic E-state index is 12.4. The van der Waals surface area contributed by atoms with E-state index in [1.165, 1.54) is 31.4 Å². The highest BCUT2D eigenvalue weighted by Gasteiger charge is 2.21. The summed E-state index contributed by atoms with van der Waals surface area (Å²) < 4.78 is 29.8. The summed E-state index contributed by atoms with van der Waals surface area (Å²) in [6.07, 6.45) is 0. The van der Waals surface area contributed by atoms with Crippen molar-refractivity contribution in [3.8, 4) is 5.75 Å². The fraction of sp³-hybridized carbons (Fsp3) is 0.0833. The van der Waals surface area contributed by atoms with Crippen LogP contribution in [0.2, 0.25) is 0 Å². The van der Waals surface area contributed by atoms with Crippen molar-refractivity contribution in [2.45, 2.75) is 9.79 Å². The van der Waals surface area contributed by atoms with E-state index in [0.717, 1.165) is 0 Å².